The predicted molar refractivity (Wildman–Crippen MR) is 78.3 cm³/mol. The summed E-state index contributed by atoms with van der Waals surface area (Å²) in [6, 6.07) is 2.81. The fourth-order valence-electron chi connectivity index (χ4n) is 3.00. The Morgan fingerprint density at radius 3 is 3.00 bits per heavy atom. The van der Waals surface area contributed by atoms with Gasteiger partial charge in [-0.1, -0.05) is 5.16 Å². The van der Waals surface area contributed by atoms with Crippen molar-refractivity contribution < 1.29 is 4.52 Å². The smallest absolute Gasteiger partial charge is 0.151 e. The van der Waals surface area contributed by atoms with Crippen molar-refractivity contribution in [1.82, 2.24) is 20.3 Å². The Labute approximate surface area is 121 Å². The van der Waals surface area contributed by atoms with Gasteiger partial charge in [0.2, 0.25) is 0 Å². The molecule has 1 aromatic rings. The van der Waals surface area contributed by atoms with Crippen LogP contribution in [0.5, 0.6) is 0 Å². The minimum Gasteiger partial charge on any atom is -0.360 e. The Morgan fingerprint density at radius 1 is 1.45 bits per heavy atom. The summed E-state index contributed by atoms with van der Waals surface area (Å²) in [7, 11) is 4.37. The Morgan fingerprint density at radius 2 is 2.30 bits per heavy atom. The molecule has 0 radical (unpaired) electrons. The molecule has 1 aliphatic heterocycles. The molecule has 5 heteroatoms. The van der Waals surface area contributed by atoms with E-state index in [1.165, 1.54) is 32.4 Å². The zero-order chi connectivity index (χ0) is 13.9. The maximum atomic E-state index is 5.43. The monoisotopic (exact) mass is 278 g/mol. The molecule has 1 unspecified atom stereocenters. The Bertz CT molecular complexity index is 429. The minimum absolute atomic E-state index is 0.720. The standard InChI is InChI=1S/C15H26N4O/c1-18-6-5-12(9-18)10-19(2)11-15-7-14(17-20-15)8-16-13-3-4-13/h7,12-13,16H,3-6,8-11H2,1-2H3. The van der Waals surface area contributed by atoms with Crippen molar-refractivity contribution in [2.75, 3.05) is 33.7 Å². The number of hydrogen-bond donors (Lipinski definition) is 1. The van der Waals surface area contributed by atoms with Crippen molar-refractivity contribution in [3.63, 3.8) is 0 Å². The van der Waals surface area contributed by atoms with Crippen LogP contribution >= 0.6 is 0 Å². The molecule has 3 rings (SSSR count). The van der Waals surface area contributed by atoms with Crippen molar-refractivity contribution in [2.45, 2.75) is 38.4 Å². The van der Waals surface area contributed by atoms with Gasteiger partial charge in [-0.3, -0.25) is 4.90 Å². The van der Waals surface area contributed by atoms with Crippen LogP contribution in [-0.2, 0) is 13.1 Å². The van der Waals surface area contributed by atoms with Gasteiger partial charge in [-0.25, -0.2) is 0 Å². The van der Waals surface area contributed by atoms with Crippen LogP contribution in [0.2, 0.25) is 0 Å². The summed E-state index contributed by atoms with van der Waals surface area (Å²) in [5.74, 6) is 1.77. The highest BCUT2D eigenvalue weighted by Crippen LogP contribution is 2.19. The molecule has 0 bridgehead atoms. The molecule has 1 aliphatic carbocycles. The van der Waals surface area contributed by atoms with E-state index >= 15 is 0 Å². The molecule has 1 N–H and O–H groups in total. The highest BCUT2D eigenvalue weighted by Gasteiger charge is 2.22. The van der Waals surface area contributed by atoms with Gasteiger partial charge in [0, 0.05) is 31.7 Å². The largest absolute Gasteiger partial charge is 0.360 e. The van der Waals surface area contributed by atoms with Crippen LogP contribution in [0.4, 0.5) is 0 Å². The quantitative estimate of drug-likeness (QED) is 0.815. The average Bonchev–Trinajstić information content (AvgIpc) is 3.00. The highest BCUT2D eigenvalue weighted by molar-refractivity contribution is 5.05. The summed E-state index contributed by atoms with van der Waals surface area (Å²) in [5.41, 5.74) is 1.03. The lowest BCUT2D eigenvalue weighted by molar-refractivity contribution is 0.236. The Hall–Kier alpha value is -0.910. The third-order valence-corrected chi connectivity index (χ3v) is 4.24. The van der Waals surface area contributed by atoms with Crippen LogP contribution in [0.1, 0.15) is 30.7 Å². The maximum absolute atomic E-state index is 5.43. The molecule has 0 spiro atoms. The van der Waals surface area contributed by atoms with Crippen molar-refractivity contribution in [2.24, 2.45) is 5.92 Å². The molecule has 1 aromatic heterocycles. The fraction of sp³-hybridized carbons (Fsp3) is 0.800. The summed E-state index contributed by atoms with van der Waals surface area (Å²) in [6.45, 7) is 5.29. The van der Waals surface area contributed by atoms with E-state index in [1.807, 2.05) is 0 Å². The number of aromatic nitrogens is 1. The second-order valence-electron chi connectivity index (χ2n) is 6.55. The maximum Gasteiger partial charge on any atom is 0.151 e. The second kappa shape index (κ2) is 6.24. The zero-order valence-corrected chi connectivity index (χ0v) is 12.6. The van der Waals surface area contributed by atoms with Gasteiger partial charge in [-0.2, -0.15) is 0 Å². The summed E-state index contributed by atoms with van der Waals surface area (Å²) in [4.78, 5) is 4.76. The molecular formula is C15H26N4O. The zero-order valence-electron chi connectivity index (χ0n) is 12.6. The van der Waals surface area contributed by atoms with Crippen molar-refractivity contribution in [3.8, 4) is 0 Å². The van der Waals surface area contributed by atoms with Crippen molar-refractivity contribution in [1.29, 1.82) is 0 Å². The van der Waals surface area contributed by atoms with E-state index in [0.29, 0.717) is 0 Å². The Kier molecular flexibility index (Phi) is 4.38. The van der Waals surface area contributed by atoms with Gasteiger partial charge in [-0.15, -0.1) is 0 Å². The molecule has 1 atom stereocenters. The van der Waals surface area contributed by atoms with Gasteiger partial charge >= 0.3 is 0 Å². The van der Waals surface area contributed by atoms with Gasteiger partial charge in [0.25, 0.3) is 0 Å². The first-order chi connectivity index (χ1) is 9.69. The molecule has 1 saturated heterocycles. The lowest BCUT2D eigenvalue weighted by Gasteiger charge is -2.19. The summed E-state index contributed by atoms with van der Waals surface area (Å²) in [6.07, 6.45) is 3.93. The van der Waals surface area contributed by atoms with Crippen molar-refractivity contribution >= 4 is 0 Å². The SMILES string of the molecule is CN1CCC(CN(C)Cc2cc(CNC3CC3)no2)C1. The van der Waals surface area contributed by atoms with Gasteiger partial charge < -0.3 is 14.7 Å². The van der Waals surface area contributed by atoms with Gasteiger partial charge in [0.05, 0.1) is 12.2 Å². The fourth-order valence-corrected chi connectivity index (χ4v) is 3.00. The molecule has 1 saturated carbocycles. The lowest BCUT2D eigenvalue weighted by Crippen LogP contribution is -2.26. The first-order valence-electron chi connectivity index (χ1n) is 7.74. The van der Waals surface area contributed by atoms with E-state index < -0.39 is 0 Å². The van der Waals surface area contributed by atoms with Crippen LogP contribution in [0.15, 0.2) is 10.6 Å². The highest BCUT2D eigenvalue weighted by atomic mass is 16.5. The van der Waals surface area contributed by atoms with Crippen LogP contribution in [0.25, 0.3) is 0 Å². The number of rotatable bonds is 7. The van der Waals surface area contributed by atoms with Crippen LogP contribution in [0.3, 0.4) is 0 Å². The number of nitrogens with one attached hydrogen (secondary N) is 1. The summed E-state index contributed by atoms with van der Waals surface area (Å²) in [5, 5.41) is 7.60. The molecule has 5 nitrogen and oxygen atoms in total. The summed E-state index contributed by atoms with van der Waals surface area (Å²) < 4.78 is 5.43. The Balaban J connectivity index is 1.42. The van der Waals surface area contributed by atoms with E-state index in [4.69, 9.17) is 4.52 Å². The van der Waals surface area contributed by atoms with Crippen molar-refractivity contribution in [3.05, 3.63) is 17.5 Å². The number of hydrogen-bond acceptors (Lipinski definition) is 5. The van der Waals surface area contributed by atoms with Crippen LogP contribution in [0, 0.1) is 5.92 Å². The third kappa shape index (κ3) is 4.04. The average molecular weight is 278 g/mol. The first kappa shape index (κ1) is 14.0. The van der Waals surface area contributed by atoms with E-state index in [0.717, 1.165) is 43.0 Å². The second-order valence-corrected chi connectivity index (χ2v) is 6.55. The third-order valence-electron chi connectivity index (χ3n) is 4.24. The van der Waals surface area contributed by atoms with Gasteiger partial charge in [0.15, 0.2) is 5.76 Å². The topological polar surface area (TPSA) is 44.5 Å². The number of nitrogens with zero attached hydrogens (tertiary/aromatic N) is 3. The van der Waals surface area contributed by atoms with Gasteiger partial charge in [-0.05, 0) is 45.8 Å². The predicted octanol–water partition coefficient (Wildman–Crippen LogP) is 1.31. The van der Waals surface area contributed by atoms with E-state index in [2.05, 4.69) is 40.4 Å². The van der Waals surface area contributed by atoms with Gasteiger partial charge in [0.1, 0.15) is 0 Å². The molecular weight excluding hydrogens is 252 g/mol. The molecule has 20 heavy (non-hydrogen) atoms. The molecule has 0 amide bonds. The molecule has 0 aromatic carbocycles. The number of likely N-dealkylation sites (tertiary alicyclic amines) is 1. The lowest BCUT2D eigenvalue weighted by atomic mass is 10.1. The normalized spacial score (nSPS) is 23.9. The van der Waals surface area contributed by atoms with E-state index in [1.54, 1.807) is 0 Å². The molecule has 2 fully saturated rings. The van der Waals surface area contributed by atoms with E-state index in [-0.39, 0.29) is 0 Å². The first-order valence-corrected chi connectivity index (χ1v) is 7.74. The van der Waals surface area contributed by atoms with Crippen LogP contribution in [-0.4, -0.2) is 54.7 Å². The minimum atomic E-state index is 0.720. The molecule has 2 aliphatic rings. The molecule has 112 valence electrons. The van der Waals surface area contributed by atoms with E-state index in [9.17, 15) is 0 Å². The molecule has 2 heterocycles. The summed E-state index contributed by atoms with van der Waals surface area (Å²) >= 11 is 0. The van der Waals surface area contributed by atoms with Crippen LogP contribution < -0.4 is 5.32 Å².